The summed E-state index contributed by atoms with van der Waals surface area (Å²) in [5, 5.41) is 2.78. The molecule has 0 fully saturated rings. The maximum absolute atomic E-state index is 12.2. The van der Waals surface area contributed by atoms with Gasteiger partial charge in [0.05, 0.1) is 6.54 Å². The average molecular weight is 412 g/mol. The molecule has 0 aliphatic carbocycles. The number of likely N-dealkylation sites (N-methyl/N-ethyl adjacent to an activating group) is 1. The number of hydrogen-bond donors (Lipinski definition) is 1. The molecule has 0 unspecified atom stereocenters. The largest absolute Gasteiger partial charge is 0.482 e. The van der Waals surface area contributed by atoms with Gasteiger partial charge in [0.15, 0.2) is 13.2 Å². The van der Waals surface area contributed by atoms with Crippen molar-refractivity contribution < 1.29 is 28.7 Å². The van der Waals surface area contributed by atoms with Crippen molar-refractivity contribution in [1.29, 1.82) is 0 Å². The van der Waals surface area contributed by atoms with Crippen LogP contribution < -0.4 is 10.1 Å². The van der Waals surface area contributed by atoms with E-state index in [2.05, 4.69) is 5.32 Å². The van der Waals surface area contributed by atoms with Crippen LogP contribution in [0.3, 0.4) is 0 Å². The minimum atomic E-state index is -0.725. The summed E-state index contributed by atoms with van der Waals surface area (Å²) in [7, 11) is 1.45. The lowest BCUT2D eigenvalue weighted by Crippen LogP contribution is -2.37. The zero-order valence-electron chi connectivity index (χ0n) is 16.9. The number of nitrogens with zero attached hydrogens (tertiary/aromatic N) is 1. The molecule has 30 heavy (non-hydrogen) atoms. The summed E-state index contributed by atoms with van der Waals surface area (Å²) < 4.78 is 10.1. The smallest absolute Gasteiger partial charge is 0.344 e. The van der Waals surface area contributed by atoms with Crippen molar-refractivity contribution in [2.24, 2.45) is 0 Å². The number of hydrogen-bond acceptors (Lipinski definition) is 6. The second kappa shape index (κ2) is 11.4. The Morgan fingerprint density at radius 1 is 1.03 bits per heavy atom. The first-order chi connectivity index (χ1) is 14.4. The van der Waals surface area contributed by atoms with E-state index < -0.39 is 18.5 Å². The van der Waals surface area contributed by atoms with Gasteiger partial charge in [-0.2, -0.15) is 0 Å². The van der Waals surface area contributed by atoms with Crippen LogP contribution in [0.5, 0.6) is 5.75 Å². The maximum atomic E-state index is 12.2. The number of anilines is 1. The van der Waals surface area contributed by atoms with Gasteiger partial charge in [0, 0.05) is 18.3 Å². The van der Waals surface area contributed by atoms with Gasteiger partial charge in [0.25, 0.3) is 5.91 Å². The van der Waals surface area contributed by atoms with Crippen molar-refractivity contribution in [3.63, 3.8) is 0 Å². The van der Waals surface area contributed by atoms with Crippen LogP contribution in [0, 0.1) is 0 Å². The average Bonchev–Trinajstić information content (AvgIpc) is 2.76. The molecule has 0 aliphatic heterocycles. The SMILES string of the molecule is CCc1ccccc1NC(=O)CN(C)C(=O)COC(=O)COc1ccc(C=O)cc1. The molecule has 0 saturated carbocycles. The van der Waals surface area contributed by atoms with Crippen LogP contribution in [-0.4, -0.2) is 55.8 Å². The Balaban J connectivity index is 1.73. The van der Waals surface area contributed by atoms with Crippen molar-refractivity contribution in [1.82, 2.24) is 4.90 Å². The first-order valence-corrected chi connectivity index (χ1v) is 9.38. The van der Waals surface area contributed by atoms with Crippen LogP contribution in [0.15, 0.2) is 48.5 Å². The van der Waals surface area contributed by atoms with Crippen molar-refractivity contribution in [3.05, 3.63) is 59.7 Å². The fraction of sp³-hybridized carbons (Fsp3) is 0.273. The van der Waals surface area contributed by atoms with Crippen LogP contribution >= 0.6 is 0 Å². The molecule has 0 aromatic heterocycles. The second-order valence-corrected chi connectivity index (χ2v) is 6.44. The van der Waals surface area contributed by atoms with Gasteiger partial charge in [0.1, 0.15) is 12.0 Å². The summed E-state index contributed by atoms with van der Waals surface area (Å²) in [6, 6.07) is 13.6. The maximum Gasteiger partial charge on any atom is 0.344 e. The Kier molecular flexibility index (Phi) is 8.56. The summed E-state index contributed by atoms with van der Waals surface area (Å²) in [6.45, 7) is 0.931. The van der Waals surface area contributed by atoms with Gasteiger partial charge in [-0.1, -0.05) is 25.1 Å². The van der Waals surface area contributed by atoms with Gasteiger partial charge in [-0.25, -0.2) is 4.79 Å². The van der Waals surface area contributed by atoms with Crippen LogP contribution in [0.1, 0.15) is 22.8 Å². The van der Waals surface area contributed by atoms with E-state index >= 15 is 0 Å². The van der Waals surface area contributed by atoms with E-state index in [0.717, 1.165) is 12.0 Å². The Bertz CT molecular complexity index is 895. The van der Waals surface area contributed by atoms with Gasteiger partial charge in [-0.15, -0.1) is 0 Å². The van der Waals surface area contributed by atoms with Crippen LogP contribution in [0.25, 0.3) is 0 Å². The molecule has 158 valence electrons. The molecule has 1 N–H and O–H groups in total. The molecule has 0 bridgehead atoms. The lowest BCUT2D eigenvalue weighted by Gasteiger charge is -2.17. The molecule has 0 spiro atoms. The molecule has 0 aliphatic rings. The number of carbonyl (C=O) groups is 4. The third-order valence-electron chi connectivity index (χ3n) is 4.21. The predicted molar refractivity (Wildman–Crippen MR) is 110 cm³/mol. The van der Waals surface area contributed by atoms with Gasteiger partial charge >= 0.3 is 5.97 Å². The third-order valence-corrected chi connectivity index (χ3v) is 4.21. The quantitative estimate of drug-likeness (QED) is 0.474. The molecular formula is C22H24N2O6. The lowest BCUT2D eigenvalue weighted by atomic mass is 10.1. The normalized spacial score (nSPS) is 10.1. The van der Waals surface area contributed by atoms with E-state index in [1.807, 2.05) is 25.1 Å². The highest BCUT2D eigenvalue weighted by atomic mass is 16.6. The Morgan fingerprint density at radius 3 is 2.40 bits per heavy atom. The summed E-state index contributed by atoms with van der Waals surface area (Å²) in [4.78, 5) is 47.8. The molecule has 8 heteroatoms. The fourth-order valence-electron chi connectivity index (χ4n) is 2.52. The Morgan fingerprint density at radius 2 is 1.73 bits per heavy atom. The van der Waals surface area contributed by atoms with Crippen molar-refractivity contribution in [2.45, 2.75) is 13.3 Å². The highest BCUT2D eigenvalue weighted by molar-refractivity contribution is 5.95. The van der Waals surface area contributed by atoms with E-state index in [1.165, 1.54) is 11.9 Å². The first kappa shape index (κ1) is 22.6. The van der Waals surface area contributed by atoms with Gasteiger partial charge < -0.3 is 19.7 Å². The number of ether oxygens (including phenoxy) is 2. The number of para-hydroxylation sites is 1. The zero-order valence-corrected chi connectivity index (χ0v) is 16.9. The number of benzene rings is 2. The lowest BCUT2D eigenvalue weighted by molar-refractivity contribution is -0.153. The number of carbonyl (C=O) groups excluding carboxylic acids is 4. The Hall–Kier alpha value is -3.68. The molecule has 0 atom stereocenters. The molecule has 2 aromatic rings. The summed E-state index contributed by atoms with van der Waals surface area (Å²) >= 11 is 0. The number of esters is 1. The highest BCUT2D eigenvalue weighted by Crippen LogP contribution is 2.15. The van der Waals surface area contributed by atoms with E-state index in [9.17, 15) is 19.2 Å². The van der Waals surface area contributed by atoms with Crippen molar-refractivity contribution >= 4 is 29.8 Å². The standard InChI is InChI=1S/C22H24N2O6/c1-3-17-6-4-5-7-19(17)23-20(26)12-24(2)21(27)14-30-22(28)15-29-18-10-8-16(13-25)9-11-18/h4-11,13H,3,12,14-15H2,1-2H3,(H,23,26). The molecule has 0 heterocycles. The van der Waals surface area contributed by atoms with Gasteiger partial charge in [-0.05, 0) is 42.3 Å². The molecule has 8 nitrogen and oxygen atoms in total. The second-order valence-electron chi connectivity index (χ2n) is 6.44. The van der Waals surface area contributed by atoms with E-state index in [1.54, 1.807) is 30.3 Å². The van der Waals surface area contributed by atoms with Crippen molar-refractivity contribution in [2.75, 3.05) is 32.1 Å². The molecular weight excluding hydrogens is 388 g/mol. The van der Waals surface area contributed by atoms with Crippen LogP contribution in [-0.2, 0) is 25.5 Å². The molecule has 0 radical (unpaired) electrons. The van der Waals surface area contributed by atoms with E-state index in [4.69, 9.17) is 9.47 Å². The predicted octanol–water partition coefficient (Wildman–Crippen LogP) is 2.08. The number of rotatable bonds is 10. The zero-order chi connectivity index (χ0) is 21.9. The molecule has 2 aromatic carbocycles. The van der Waals surface area contributed by atoms with Crippen molar-refractivity contribution in [3.8, 4) is 5.75 Å². The first-order valence-electron chi connectivity index (χ1n) is 9.38. The van der Waals surface area contributed by atoms with Gasteiger partial charge in [-0.3, -0.25) is 14.4 Å². The number of amides is 2. The van der Waals surface area contributed by atoms with Gasteiger partial charge in [0.2, 0.25) is 5.91 Å². The van der Waals surface area contributed by atoms with E-state index in [0.29, 0.717) is 23.3 Å². The summed E-state index contributed by atoms with van der Waals surface area (Å²) in [5.41, 5.74) is 2.19. The third kappa shape index (κ3) is 7.05. The van der Waals surface area contributed by atoms with Crippen LogP contribution in [0.4, 0.5) is 5.69 Å². The summed E-state index contributed by atoms with van der Waals surface area (Å²) in [5.74, 6) is -1.19. The monoisotopic (exact) mass is 412 g/mol. The molecule has 2 amide bonds. The highest BCUT2D eigenvalue weighted by Gasteiger charge is 2.16. The van der Waals surface area contributed by atoms with Crippen LogP contribution in [0.2, 0.25) is 0 Å². The summed E-state index contributed by atoms with van der Waals surface area (Å²) in [6.07, 6.45) is 1.47. The Labute approximate surface area is 174 Å². The minimum Gasteiger partial charge on any atom is -0.482 e. The molecule has 2 rings (SSSR count). The number of aldehydes is 1. The number of nitrogens with one attached hydrogen (secondary N) is 1. The molecule has 0 saturated heterocycles. The fourth-order valence-corrected chi connectivity index (χ4v) is 2.52. The minimum absolute atomic E-state index is 0.173. The topological polar surface area (TPSA) is 102 Å². The van der Waals surface area contributed by atoms with E-state index in [-0.39, 0.29) is 19.1 Å². The number of aryl methyl sites for hydroxylation is 1.